The average molecular weight is 996 g/mol. The molecule has 0 bridgehead atoms. The third-order valence-corrected chi connectivity index (χ3v) is 16.4. The summed E-state index contributed by atoms with van der Waals surface area (Å²) in [6.07, 6.45) is 13.2. The number of aromatic amines is 2. The van der Waals surface area contributed by atoms with Crippen molar-refractivity contribution in [1.82, 2.24) is 45.2 Å². The normalized spacial score (nSPS) is 20.1. The summed E-state index contributed by atoms with van der Waals surface area (Å²) in [4.78, 5) is 84.3. The summed E-state index contributed by atoms with van der Waals surface area (Å²) in [6.45, 7) is 20.1. The first-order valence-electron chi connectivity index (χ1n) is 26.0. The first kappa shape index (κ1) is 52.5. The molecule has 4 aromatic heterocycles. The highest BCUT2D eigenvalue weighted by molar-refractivity contribution is 6.10. The molecular weight excluding hydrogens is 923 g/mol. The number of carboxylic acid groups (broad SMARTS) is 1. The second kappa shape index (κ2) is 20.2. The first-order chi connectivity index (χ1) is 34.6. The zero-order chi connectivity index (χ0) is 52.8. The smallest absolute Gasteiger partial charge is 0.337 e. The molecule has 6 aromatic rings. The van der Waals surface area contributed by atoms with Crippen molar-refractivity contribution in [2.24, 2.45) is 24.9 Å². The number of ketones is 2. The van der Waals surface area contributed by atoms with Gasteiger partial charge in [-0.1, -0.05) is 55.4 Å². The summed E-state index contributed by atoms with van der Waals surface area (Å²) in [6, 6.07) is 13.0. The number of Topliss-reactive ketones (excluding diaryl/α,β-unsaturated/α-hetero) is 2. The van der Waals surface area contributed by atoms with Crippen molar-refractivity contribution in [2.45, 2.75) is 130 Å². The third-order valence-electron chi connectivity index (χ3n) is 16.4. The standard InChI is InChI=1S/C28H35N5O3.C23H31N3O2.C6H7NO2/c1-6-28(7-2)16-27(3,4)22-20-12-17(8-9-21(20)31-23(22)24(28)34)25(35)30-19-10-11-33(15-19)26(36)18-13-29-32(5)14-18;1-5-23(6-2)13-22(3,4)18-16-11-14(21(28)25-15-9-10-24-12-15)7-8-17(16)26-19(18)20(23)27;1-7-3-2-5(4-7)6(8)9/h8-9,12-14,19,31H,6-7,10-11,15-16H2,1-5H3,(H,30,35);7-8,11,15,24,26H,5-6,9-10,12-13H2,1-4H3,(H,25,28);2-4H,1H3,(H,8,9). The van der Waals surface area contributed by atoms with Crippen LogP contribution in [0.15, 0.2) is 67.3 Å². The number of amides is 3. The van der Waals surface area contributed by atoms with Gasteiger partial charge in [0, 0.05) is 108 Å². The third kappa shape index (κ3) is 10.0. The zero-order valence-corrected chi connectivity index (χ0v) is 44.2. The molecule has 4 aliphatic rings. The number of benzene rings is 2. The lowest BCUT2D eigenvalue weighted by Gasteiger charge is -2.43. The monoisotopic (exact) mass is 996 g/mol. The van der Waals surface area contributed by atoms with E-state index in [1.165, 1.54) is 0 Å². The number of likely N-dealkylation sites (tertiary alicyclic amines) is 1. The molecule has 0 radical (unpaired) electrons. The minimum absolute atomic E-state index is 0.0399. The van der Waals surface area contributed by atoms with Crippen LogP contribution in [0.2, 0.25) is 0 Å². The molecule has 6 heterocycles. The molecule has 16 heteroatoms. The lowest BCUT2D eigenvalue weighted by Crippen LogP contribution is -2.42. The lowest BCUT2D eigenvalue weighted by atomic mass is 9.59. The maximum absolute atomic E-state index is 13.5. The topological polar surface area (TPSA) is 216 Å². The Bertz CT molecular complexity index is 3100. The minimum atomic E-state index is -0.879. The van der Waals surface area contributed by atoms with Crippen LogP contribution in [0.4, 0.5) is 0 Å². The van der Waals surface area contributed by atoms with Gasteiger partial charge in [-0.15, -0.1) is 0 Å². The number of nitrogens with zero attached hydrogens (tertiary/aromatic N) is 4. The number of aromatic nitrogens is 5. The summed E-state index contributed by atoms with van der Waals surface area (Å²) < 4.78 is 3.31. The van der Waals surface area contributed by atoms with Crippen molar-refractivity contribution in [3.8, 4) is 0 Å². The van der Waals surface area contributed by atoms with Crippen molar-refractivity contribution in [1.29, 1.82) is 0 Å². The van der Waals surface area contributed by atoms with Crippen LogP contribution in [0.5, 0.6) is 0 Å². The van der Waals surface area contributed by atoms with E-state index >= 15 is 0 Å². The fourth-order valence-electron chi connectivity index (χ4n) is 12.3. The molecule has 2 fully saturated rings. The Kier molecular flexibility index (Phi) is 14.6. The molecule has 2 unspecified atom stereocenters. The van der Waals surface area contributed by atoms with Crippen LogP contribution in [-0.4, -0.2) is 108 Å². The Morgan fingerprint density at radius 2 is 1.22 bits per heavy atom. The number of aromatic carboxylic acids is 1. The molecule has 6 N–H and O–H groups in total. The van der Waals surface area contributed by atoms with Crippen LogP contribution in [0.25, 0.3) is 21.8 Å². The fourth-order valence-corrected chi connectivity index (χ4v) is 12.3. The van der Waals surface area contributed by atoms with Gasteiger partial charge in [0.05, 0.1) is 28.7 Å². The Hall–Kier alpha value is -6.81. The van der Waals surface area contributed by atoms with Gasteiger partial charge < -0.3 is 40.5 Å². The van der Waals surface area contributed by atoms with Gasteiger partial charge in [-0.3, -0.25) is 28.7 Å². The molecule has 73 heavy (non-hydrogen) atoms. The number of fused-ring (bicyclic) bond motifs is 6. The maximum atomic E-state index is 13.5. The second-order valence-corrected chi connectivity index (χ2v) is 22.2. The van der Waals surface area contributed by atoms with Crippen molar-refractivity contribution < 1.29 is 33.9 Å². The molecule has 2 atom stereocenters. The Balaban J connectivity index is 0.000000170. The van der Waals surface area contributed by atoms with Crippen molar-refractivity contribution in [3.05, 3.63) is 112 Å². The molecule has 388 valence electrons. The number of hydrogen-bond acceptors (Lipinski definition) is 8. The highest BCUT2D eigenvalue weighted by Gasteiger charge is 2.50. The number of carbonyl (C=O) groups is 6. The minimum Gasteiger partial charge on any atom is -0.478 e. The summed E-state index contributed by atoms with van der Waals surface area (Å²) >= 11 is 0. The molecule has 0 saturated carbocycles. The Labute approximate surface area is 427 Å². The van der Waals surface area contributed by atoms with Gasteiger partial charge in [-0.25, -0.2) is 4.79 Å². The van der Waals surface area contributed by atoms with Gasteiger partial charge >= 0.3 is 5.97 Å². The van der Waals surface area contributed by atoms with E-state index in [9.17, 15) is 28.8 Å². The Morgan fingerprint density at radius 1 is 0.699 bits per heavy atom. The van der Waals surface area contributed by atoms with Gasteiger partial charge in [-0.05, 0) is 122 Å². The molecule has 2 aliphatic carbocycles. The van der Waals surface area contributed by atoms with Gasteiger partial charge in [0.1, 0.15) is 0 Å². The summed E-state index contributed by atoms with van der Waals surface area (Å²) in [5.74, 6) is -0.733. The van der Waals surface area contributed by atoms with E-state index in [4.69, 9.17) is 5.11 Å². The maximum Gasteiger partial charge on any atom is 0.337 e. The van der Waals surface area contributed by atoms with Crippen molar-refractivity contribution in [3.63, 3.8) is 0 Å². The van der Waals surface area contributed by atoms with E-state index in [1.807, 2.05) is 30.3 Å². The number of rotatable bonds is 10. The Morgan fingerprint density at radius 3 is 1.63 bits per heavy atom. The summed E-state index contributed by atoms with van der Waals surface area (Å²) in [5, 5.41) is 23.9. The van der Waals surface area contributed by atoms with Crippen LogP contribution in [0.3, 0.4) is 0 Å². The van der Waals surface area contributed by atoms with E-state index < -0.39 is 5.97 Å². The van der Waals surface area contributed by atoms with Crippen molar-refractivity contribution in [2.75, 3.05) is 26.2 Å². The number of H-pyrrole nitrogens is 2. The SMILES string of the molecule is CCC1(CC)CC(C)(C)c2c([nH]c3ccc(C(=O)NC4CCN(C(=O)c5cnn(C)c5)C4)cc23)C1=O.CCC1(CC)CC(C)(C)c2c([nH]c3ccc(C(=O)NC4CCNC4)cc23)C1=O.Cn1ccc(C(=O)O)c1. The predicted molar refractivity (Wildman–Crippen MR) is 283 cm³/mol. The summed E-state index contributed by atoms with van der Waals surface area (Å²) in [7, 11) is 3.57. The lowest BCUT2D eigenvalue weighted by molar-refractivity contribution is 0.0666. The van der Waals surface area contributed by atoms with Gasteiger partial charge in [0.25, 0.3) is 17.7 Å². The molecule has 0 spiro atoms. The number of carboxylic acids is 1. The molecule has 10 rings (SSSR count). The molecule has 2 saturated heterocycles. The van der Waals surface area contributed by atoms with E-state index in [2.05, 4.69) is 86.4 Å². The number of nitrogens with one attached hydrogen (secondary N) is 5. The molecular formula is C57H73N9O7. The van der Waals surface area contributed by atoms with Crippen LogP contribution >= 0.6 is 0 Å². The van der Waals surface area contributed by atoms with Gasteiger partial charge in [-0.2, -0.15) is 5.10 Å². The first-order valence-corrected chi connectivity index (χ1v) is 26.0. The van der Waals surface area contributed by atoms with Gasteiger partial charge in [0.2, 0.25) is 0 Å². The van der Waals surface area contributed by atoms with E-state index in [-0.39, 0.29) is 63.0 Å². The highest BCUT2D eigenvalue weighted by atomic mass is 16.4. The largest absolute Gasteiger partial charge is 0.478 e. The molecule has 3 amide bonds. The molecule has 2 aliphatic heterocycles. The fraction of sp³-hybridized carbons (Fsp3) is 0.491. The van der Waals surface area contributed by atoms with Crippen LogP contribution in [-0.2, 0) is 24.9 Å². The van der Waals surface area contributed by atoms with Crippen LogP contribution in [0, 0.1) is 10.8 Å². The summed E-state index contributed by atoms with van der Waals surface area (Å²) in [5.41, 5.74) is 6.49. The predicted octanol–water partition coefficient (Wildman–Crippen LogP) is 8.87. The number of carbonyl (C=O) groups excluding carboxylic acids is 5. The van der Waals surface area contributed by atoms with Crippen molar-refractivity contribution >= 4 is 57.1 Å². The van der Waals surface area contributed by atoms with E-state index in [0.717, 1.165) is 96.7 Å². The van der Waals surface area contributed by atoms with E-state index in [1.54, 1.807) is 65.2 Å². The highest BCUT2D eigenvalue weighted by Crippen LogP contribution is 2.53. The zero-order valence-electron chi connectivity index (χ0n) is 44.2. The molecule has 2 aromatic carbocycles. The second-order valence-electron chi connectivity index (χ2n) is 22.2. The number of aryl methyl sites for hydroxylation is 2. The van der Waals surface area contributed by atoms with Gasteiger partial charge in [0.15, 0.2) is 11.6 Å². The number of hydrogen-bond donors (Lipinski definition) is 6. The molecule has 16 nitrogen and oxygen atoms in total. The average Bonchev–Trinajstić information content (AvgIpc) is 4.24. The quantitative estimate of drug-likeness (QED) is 0.0772. The van der Waals surface area contributed by atoms with Crippen LogP contribution < -0.4 is 16.0 Å². The van der Waals surface area contributed by atoms with Crippen LogP contribution in [0.1, 0.15) is 180 Å². The van der Waals surface area contributed by atoms with E-state index in [0.29, 0.717) is 47.5 Å².